The van der Waals surface area contributed by atoms with E-state index in [0.29, 0.717) is 5.57 Å². The molecular formula is C22H32O10. The first-order valence-corrected chi connectivity index (χ1v) is 10.8. The third-order valence-electron chi connectivity index (χ3n) is 7.81. The van der Waals surface area contributed by atoms with Gasteiger partial charge in [-0.25, -0.2) is 0 Å². The molecule has 4 N–H and O–H groups in total. The Morgan fingerprint density at radius 2 is 1.88 bits per heavy atom. The number of hydrogen-bond donors (Lipinski definition) is 4. The maximum Gasteiger partial charge on any atom is 0.309 e. The molecule has 2 bridgehead atoms. The molecule has 2 aliphatic heterocycles. The lowest BCUT2D eigenvalue weighted by atomic mass is 9.49. The fourth-order valence-electron chi connectivity index (χ4n) is 6.05. The van der Waals surface area contributed by atoms with Crippen molar-refractivity contribution in [1.82, 2.24) is 0 Å². The lowest BCUT2D eigenvalue weighted by Gasteiger charge is -2.60. The second kappa shape index (κ2) is 7.22. The van der Waals surface area contributed by atoms with Crippen LogP contribution in [-0.2, 0) is 28.5 Å². The van der Waals surface area contributed by atoms with Crippen molar-refractivity contribution in [2.75, 3.05) is 13.2 Å². The number of ether oxygens (including phenoxy) is 4. The van der Waals surface area contributed by atoms with Crippen molar-refractivity contribution in [2.45, 2.75) is 88.9 Å². The third-order valence-corrected chi connectivity index (χ3v) is 7.81. The molecule has 0 radical (unpaired) electrons. The van der Waals surface area contributed by atoms with Crippen LogP contribution in [0.2, 0.25) is 0 Å². The van der Waals surface area contributed by atoms with E-state index >= 15 is 0 Å². The molecule has 10 heteroatoms. The normalized spacial score (nSPS) is 47.0. The van der Waals surface area contributed by atoms with Crippen LogP contribution in [0.5, 0.6) is 0 Å². The Kier molecular flexibility index (Phi) is 5.32. The summed E-state index contributed by atoms with van der Waals surface area (Å²) in [7, 11) is 0. The Morgan fingerprint density at radius 1 is 1.25 bits per heavy atom. The van der Waals surface area contributed by atoms with E-state index in [9.17, 15) is 30.0 Å². The predicted octanol–water partition coefficient (Wildman–Crippen LogP) is -0.792. The molecule has 1 saturated carbocycles. The highest BCUT2D eigenvalue weighted by Gasteiger charge is 2.86. The van der Waals surface area contributed by atoms with Gasteiger partial charge in [-0.05, 0) is 26.3 Å². The third kappa shape index (κ3) is 3.00. The summed E-state index contributed by atoms with van der Waals surface area (Å²) in [5.41, 5.74) is -4.66. The van der Waals surface area contributed by atoms with Crippen molar-refractivity contribution in [3.05, 3.63) is 11.6 Å². The molecule has 32 heavy (non-hydrogen) atoms. The molecule has 9 atom stereocenters. The molecule has 3 fully saturated rings. The van der Waals surface area contributed by atoms with Gasteiger partial charge in [0.05, 0.1) is 36.3 Å². The van der Waals surface area contributed by atoms with E-state index in [1.165, 1.54) is 20.8 Å². The molecule has 4 aliphatic rings. The summed E-state index contributed by atoms with van der Waals surface area (Å²) < 4.78 is 22.9. The van der Waals surface area contributed by atoms with Crippen LogP contribution >= 0.6 is 0 Å². The molecular weight excluding hydrogens is 424 g/mol. The first kappa shape index (κ1) is 23.6. The topological polar surface area (TPSA) is 155 Å². The van der Waals surface area contributed by atoms with Gasteiger partial charge >= 0.3 is 11.9 Å². The van der Waals surface area contributed by atoms with Crippen LogP contribution in [0.4, 0.5) is 0 Å². The molecule has 1 spiro atoms. The SMILES string of the molecule is CC(=O)OCC12C(C=C(C)C(OC(=O)CC(C)(C)O)C1O)OC1C(O)C(O)C2(C)C12CO2. The predicted molar refractivity (Wildman–Crippen MR) is 107 cm³/mol. The average molecular weight is 456 g/mol. The second-order valence-corrected chi connectivity index (χ2v) is 10.4. The van der Waals surface area contributed by atoms with Crippen LogP contribution in [0.15, 0.2) is 11.6 Å². The Morgan fingerprint density at radius 3 is 2.41 bits per heavy atom. The van der Waals surface area contributed by atoms with Gasteiger partial charge in [-0.2, -0.15) is 0 Å². The van der Waals surface area contributed by atoms with E-state index in [1.807, 2.05) is 0 Å². The van der Waals surface area contributed by atoms with E-state index in [2.05, 4.69) is 0 Å². The fourth-order valence-corrected chi connectivity index (χ4v) is 6.05. The molecule has 0 aromatic heterocycles. The summed E-state index contributed by atoms with van der Waals surface area (Å²) in [6, 6.07) is 0. The van der Waals surface area contributed by atoms with Crippen LogP contribution in [0.3, 0.4) is 0 Å². The van der Waals surface area contributed by atoms with Gasteiger partial charge in [0, 0.05) is 12.3 Å². The summed E-state index contributed by atoms with van der Waals surface area (Å²) in [5, 5.41) is 43.6. The van der Waals surface area contributed by atoms with E-state index in [1.54, 1.807) is 19.9 Å². The highest BCUT2D eigenvalue weighted by Crippen LogP contribution is 2.71. The Bertz CT molecular complexity index is 842. The minimum atomic E-state index is -1.48. The Balaban J connectivity index is 1.79. The molecule has 180 valence electrons. The van der Waals surface area contributed by atoms with Crippen LogP contribution < -0.4 is 0 Å². The van der Waals surface area contributed by atoms with Gasteiger partial charge in [0.2, 0.25) is 0 Å². The number of epoxide rings is 1. The Hall–Kier alpha value is -1.56. The van der Waals surface area contributed by atoms with E-state index in [4.69, 9.17) is 18.9 Å². The second-order valence-electron chi connectivity index (χ2n) is 10.4. The van der Waals surface area contributed by atoms with Gasteiger partial charge in [-0.3, -0.25) is 9.59 Å². The largest absolute Gasteiger partial charge is 0.465 e. The van der Waals surface area contributed by atoms with Gasteiger partial charge in [0.1, 0.15) is 36.6 Å². The molecule has 4 rings (SSSR count). The van der Waals surface area contributed by atoms with Crippen molar-refractivity contribution < 1.29 is 49.0 Å². The number of carbonyl (C=O) groups is 2. The molecule has 0 aromatic rings. The molecule has 2 aliphatic carbocycles. The van der Waals surface area contributed by atoms with Crippen LogP contribution in [-0.4, -0.2) is 93.4 Å². The number of carbonyl (C=O) groups excluding carboxylic acids is 2. The van der Waals surface area contributed by atoms with Gasteiger partial charge < -0.3 is 39.4 Å². The minimum Gasteiger partial charge on any atom is -0.465 e. The van der Waals surface area contributed by atoms with E-state index in [-0.39, 0.29) is 19.6 Å². The fraction of sp³-hybridized carbons (Fsp3) is 0.818. The number of esters is 2. The highest BCUT2D eigenvalue weighted by atomic mass is 16.6. The summed E-state index contributed by atoms with van der Waals surface area (Å²) in [4.78, 5) is 24.3. The monoisotopic (exact) mass is 456 g/mol. The first-order chi connectivity index (χ1) is 14.7. The van der Waals surface area contributed by atoms with Gasteiger partial charge in [0.15, 0.2) is 0 Å². The number of fused-ring (bicyclic) bond motifs is 2. The average Bonchev–Trinajstić information content (AvgIpc) is 3.45. The number of aliphatic hydroxyl groups excluding tert-OH is 3. The Labute approximate surface area is 186 Å². The van der Waals surface area contributed by atoms with Crippen molar-refractivity contribution in [3.63, 3.8) is 0 Å². The standard InChI is InChI=1S/C22H32O10/c1-10-6-12-21(8-29-11(2)23,17(27)15(10)32-13(24)7-19(3,4)28)20(5)16(26)14(25)18(31-12)22(20)9-30-22/h6,12,14-18,25-28H,7-9H2,1-5H3. The summed E-state index contributed by atoms with van der Waals surface area (Å²) in [6.07, 6.45) is -5.55. The number of rotatable bonds is 5. The quantitative estimate of drug-likeness (QED) is 0.235. The smallest absolute Gasteiger partial charge is 0.309 e. The van der Waals surface area contributed by atoms with Crippen molar-refractivity contribution in [3.8, 4) is 0 Å². The molecule has 0 aromatic carbocycles. The van der Waals surface area contributed by atoms with Gasteiger partial charge in [-0.15, -0.1) is 0 Å². The summed E-state index contributed by atoms with van der Waals surface area (Å²) in [5.74, 6) is -1.32. The van der Waals surface area contributed by atoms with E-state index < -0.39 is 70.6 Å². The minimum absolute atomic E-state index is 0.190. The highest BCUT2D eigenvalue weighted by molar-refractivity contribution is 5.71. The maximum atomic E-state index is 12.5. The lowest BCUT2D eigenvalue weighted by molar-refractivity contribution is -0.274. The molecule has 2 saturated heterocycles. The van der Waals surface area contributed by atoms with Crippen molar-refractivity contribution in [1.29, 1.82) is 0 Å². The molecule has 9 unspecified atom stereocenters. The lowest BCUT2D eigenvalue weighted by Crippen LogP contribution is -2.73. The van der Waals surface area contributed by atoms with E-state index in [0.717, 1.165) is 0 Å². The number of aliphatic hydroxyl groups is 4. The van der Waals surface area contributed by atoms with Crippen molar-refractivity contribution >= 4 is 11.9 Å². The molecule has 10 nitrogen and oxygen atoms in total. The molecule has 0 amide bonds. The summed E-state index contributed by atoms with van der Waals surface area (Å²) >= 11 is 0. The van der Waals surface area contributed by atoms with Gasteiger partial charge in [0.25, 0.3) is 0 Å². The zero-order valence-electron chi connectivity index (χ0n) is 18.9. The van der Waals surface area contributed by atoms with Crippen LogP contribution in [0.25, 0.3) is 0 Å². The maximum absolute atomic E-state index is 12.5. The zero-order chi connectivity index (χ0) is 23.9. The van der Waals surface area contributed by atoms with Crippen molar-refractivity contribution in [2.24, 2.45) is 10.8 Å². The number of hydrogen-bond acceptors (Lipinski definition) is 10. The van der Waals surface area contributed by atoms with Crippen LogP contribution in [0.1, 0.15) is 41.0 Å². The van der Waals surface area contributed by atoms with Crippen LogP contribution in [0, 0.1) is 10.8 Å². The molecule has 2 heterocycles. The van der Waals surface area contributed by atoms with Gasteiger partial charge in [-0.1, -0.05) is 13.0 Å². The zero-order valence-corrected chi connectivity index (χ0v) is 18.9. The first-order valence-electron chi connectivity index (χ1n) is 10.8. The summed E-state index contributed by atoms with van der Waals surface area (Å²) in [6.45, 7) is 7.34.